The lowest BCUT2D eigenvalue weighted by molar-refractivity contribution is -0.159. The Morgan fingerprint density at radius 3 is 2.32 bits per heavy atom. The zero-order chi connectivity index (χ0) is 14.1. The second-order valence-corrected chi connectivity index (χ2v) is 5.72. The number of carbonyl (C=O) groups is 1. The molecule has 1 aliphatic heterocycles. The van der Waals surface area contributed by atoms with Crippen molar-refractivity contribution in [2.45, 2.75) is 52.4 Å². The molecule has 1 atom stereocenters. The Labute approximate surface area is 117 Å². The monoisotopic (exact) mass is 271 g/mol. The summed E-state index contributed by atoms with van der Waals surface area (Å²) in [5.74, 6) is -0.690. The van der Waals surface area contributed by atoms with Crippen LogP contribution in [0.2, 0.25) is 0 Å². The van der Waals surface area contributed by atoms with E-state index in [2.05, 4.69) is 18.7 Å². The van der Waals surface area contributed by atoms with Crippen LogP contribution in [0.1, 0.15) is 52.4 Å². The van der Waals surface area contributed by atoms with Crippen molar-refractivity contribution in [2.24, 2.45) is 5.41 Å². The lowest BCUT2D eigenvalue weighted by Crippen LogP contribution is -2.48. The minimum Gasteiger partial charge on any atom is -0.481 e. The molecule has 1 N–H and O–H groups in total. The maximum atomic E-state index is 11.7. The van der Waals surface area contributed by atoms with Crippen molar-refractivity contribution in [1.29, 1.82) is 0 Å². The van der Waals surface area contributed by atoms with Crippen LogP contribution in [-0.4, -0.2) is 48.8 Å². The largest absolute Gasteiger partial charge is 0.481 e. The predicted molar refractivity (Wildman–Crippen MR) is 76.4 cm³/mol. The molecule has 1 heterocycles. The molecule has 112 valence electrons. The van der Waals surface area contributed by atoms with Crippen molar-refractivity contribution in [1.82, 2.24) is 4.90 Å². The highest BCUT2D eigenvalue weighted by Crippen LogP contribution is 2.30. The van der Waals surface area contributed by atoms with Crippen LogP contribution < -0.4 is 0 Å². The van der Waals surface area contributed by atoms with E-state index >= 15 is 0 Å². The lowest BCUT2D eigenvalue weighted by Gasteiger charge is -2.37. The van der Waals surface area contributed by atoms with Crippen molar-refractivity contribution >= 4 is 5.97 Å². The highest BCUT2D eigenvalue weighted by Gasteiger charge is 2.41. The van der Waals surface area contributed by atoms with E-state index in [0.717, 1.165) is 51.6 Å². The zero-order valence-electron chi connectivity index (χ0n) is 12.5. The van der Waals surface area contributed by atoms with Gasteiger partial charge in [-0.1, -0.05) is 26.7 Å². The number of nitrogens with zero attached hydrogens (tertiary/aromatic N) is 1. The molecular weight excluding hydrogens is 242 g/mol. The smallest absolute Gasteiger partial charge is 0.313 e. The molecule has 0 aromatic heterocycles. The second-order valence-electron chi connectivity index (χ2n) is 5.72. The summed E-state index contributed by atoms with van der Waals surface area (Å²) in [7, 11) is 0. The summed E-state index contributed by atoms with van der Waals surface area (Å²) < 4.78 is 5.45. The maximum Gasteiger partial charge on any atom is 0.313 e. The Hall–Kier alpha value is -0.610. The van der Waals surface area contributed by atoms with E-state index in [1.165, 1.54) is 0 Å². The molecule has 1 fully saturated rings. The van der Waals surface area contributed by atoms with Gasteiger partial charge in [-0.3, -0.25) is 4.79 Å². The highest BCUT2D eigenvalue weighted by atomic mass is 16.5. The Kier molecular flexibility index (Phi) is 7.39. The predicted octanol–water partition coefficient (Wildman–Crippen LogP) is 2.77. The van der Waals surface area contributed by atoms with Gasteiger partial charge in [0.15, 0.2) is 0 Å². The first-order chi connectivity index (χ1) is 9.14. The number of aliphatic carboxylic acids is 1. The molecule has 1 aliphatic rings. The van der Waals surface area contributed by atoms with Crippen LogP contribution in [0.5, 0.6) is 0 Å². The van der Waals surface area contributed by atoms with Gasteiger partial charge in [-0.15, -0.1) is 0 Å². The van der Waals surface area contributed by atoms with Gasteiger partial charge in [-0.2, -0.15) is 0 Å². The molecule has 19 heavy (non-hydrogen) atoms. The minimum absolute atomic E-state index is 0.372. The van der Waals surface area contributed by atoms with E-state index in [4.69, 9.17) is 4.74 Å². The molecular formula is C15H29NO3. The van der Waals surface area contributed by atoms with Gasteiger partial charge in [0.2, 0.25) is 0 Å². The average Bonchev–Trinajstić information content (AvgIpc) is 2.42. The van der Waals surface area contributed by atoms with Gasteiger partial charge in [0.25, 0.3) is 0 Å². The van der Waals surface area contributed by atoms with Crippen molar-refractivity contribution < 1.29 is 14.6 Å². The summed E-state index contributed by atoms with van der Waals surface area (Å²) in [5.41, 5.74) is -0.681. The molecule has 0 amide bonds. The van der Waals surface area contributed by atoms with Crippen molar-refractivity contribution in [3.63, 3.8) is 0 Å². The summed E-state index contributed by atoms with van der Waals surface area (Å²) in [4.78, 5) is 14.0. The third-order valence-corrected chi connectivity index (χ3v) is 3.96. The lowest BCUT2D eigenvalue weighted by atomic mass is 9.82. The van der Waals surface area contributed by atoms with Crippen LogP contribution in [0.25, 0.3) is 0 Å². The summed E-state index contributed by atoms with van der Waals surface area (Å²) in [6, 6.07) is 0. The molecule has 0 saturated carbocycles. The van der Waals surface area contributed by atoms with Crippen LogP contribution in [-0.2, 0) is 9.53 Å². The van der Waals surface area contributed by atoms with E-state index in [0.29, 0.717) is 19.8 Å². The molecule has 0 aromatic carbocycles. The van der Waals surface area contributed by atoms with E-state index in [1.807, 2.05) is 0 Å². The number of hydrogen-bond donors (Lipinski definition) is 1. The van der Waals surface area contributed by atoms with Gasteiger partial charge < -0.3 is 14.7 Å². The Bertz CT molecular complexity index is 254. The summed E-state index contributed by atoms with van der Waals surface area (Å²) in [5, 5.41) is 9.58. The molecule has 4 heteroatoms. The highest BCUT2D eigenvalue weighted by molar-refractivity contribution is 5.75. The van der Waals surface area contributed by atoms with E-state index in [-0.39, 0.29) is 0 Å². The van der Waals surface area contributed by atoms with E-state index < -0.39 is 11.4 Å². The fourth-order valence-electron chi connectivity index (χ4n) is 2.67. The molecule has 1 saturated heterocycles. The van der Waals surface area contributed by atoms with Crippen molar-refractivity contribution in [3.8, 4) is 0 Å². The van der Waals surface area contributed by atoms with Gasteiger partial charge in [-0.25, -0.2) is 0 Å². The number of carboxylic acid groups (broad SMARTS) is 1. The Morgan fingerprint density at radius 1 is 1.26 bits per heavy atom. The van der Waals surface area contributed by atoms with Gasteiger partial charge in [-0.05, 0) is 38.8 Å². The molecule has 0 radical (unpaired) electrons. The van der Waals surface area contributed by atoms with Gasteiger partial charge in [0, 0.05) is 13.2 Å². The molecule has 1 unspecified atom stereocenters. The van der Waals surface area contributed by atoms with Crippen LogP contribution in [0, 0.1) is 5.41 Å². The van der Waals surface area contributed by atoms with Crippen molar-refractivity contribution in [2.75, 3.05) is 32.8 Å². The van der Waals surface area contributed by atoms with Crippen LogP contribution in [0.4, 0.5) is 0 Å². The summed E-state index contributed by atoms with van der Waals surface area (Å²) in [6.07, 6.45) is 6.19. The quantitative estimate of drug-likeness (QED) is 0.700. The standard InChI is InChI=1S/C15H29NO3/c1-3-5-9-16(10-6-4-2)12-15(14(17)18)8-7-11-19-13-15/h3-13H2,1-2H3,(H,17,18). The first kappa shape index (κ1) is 16.4. The summed E-state index contributed by atoms with van der Waals surface area (Å²) >= 11 is 0. The molecule has 0 aromatic rings. The second kappa shape index (κ2) is 8.54. The third kappa shape index (κ3) is 5.11. The Balaban J connectivity index is 2.63. The van der Waals surface area contributed by atoms with E-state index in [1.54, 1.807) is 0 Å². The van der Waals surface area contributed by atoms with Crippen LogP contribution in [0.15, 0.2) is 0 Å². The fourth-order valence-corrected chi connectivity index (χ4v) is 2.67. The maximum absolute atomic E-state index is 11.7. The van der Waals surface area contributed by atoms with Crippen LogP contribution in [0.3, 0.4) is 0 Å². The molecule has 0 spiro atoms. The molecule has 0 bridgehead atoms. The Morgan fingerprint density at radius 2 is 1.89 bits per heavy atom. The number of ether oxygens (including phenoxy) is 1. The normalized spacial score (nSPS) is 23.7. The first-order valence-electron chi connectivity index (χ1n) is 7.68. The van der Waals surface area contributed by atoms with Crippen LogP contribution >= 0.6 is 0 Å². The van der Waals surface area contributed by atoms with Gasteiger partial charge in [0.05, 0.1) is 6.61 Å². The van der Waals surface area contributed by atoms with Gasteiger partial charge in [0.1, 0.15) is 5.41 Å². The molecule has 0 aliphatic carbocycles. The average molecular weight is 271 g/mol. The van der Waals surface area contributed by atoms with E-state index in [9.17, 15) is 9.90 Å². The van der Waals surface area contributed by atoms with Crippen molar-refractivity contribution in [3.05, 3.63) is 0 Å². The molecule has 4 nitrogen and oxygen atoms in total. The fraction of sp³-hybridized carbons (Fsp3) is 0.933. The number of unbranched alkanes of at least 4 members (excludes halogenated alkanes) is 2. The number of hydrogen-bond acceptors (Lipinski definition) is 3. The molecule has 1 rings (SSSR count). The summed E-state index contributed by atoms with van der Waals surface area (Å²) in [6.45, 7) is 8.08. The number of rotatable bonds is 9. The topological polar surface area (TPSA) is 49.8 Å². The van der Waals surface area contributed by atoms with Gasteiger partial charge >= 0.3 is 5.97 Å². The zero-order valence-corrected chi connectivity index (χ0v) is 12.5. The number of carboxylic acids is 1. The SMILES string of the molecule is CCCCN(CCCC)CC1(C(=O)O)CCCOC1. The minimum atomic E-state index is -0.690. The first-order valence-corrected chi connectivity index (χ1v) is 7.68. The third-order valence-electron chi connectivity index (χ3n) is 3.96.